The van der Waals surface area contributed by atoms with Gasteiger partial charge in [0.15, 0.2) is 0 Å². The summed E-state index contributed by atoms with van der Waals surface area (Å²) < 4.78 is 13.2. The third kappa shape index (κ3) is 4.49. The monoisotopic (exact) mass is 463 g/mol. The predicted molar refractivity (Wildman–Crippen MR) is 126 cm³/mol. The van der Waals surface area contributed by atoms with Gasteiger partial charge in [0.05, 0.1) is 5.69 Å². The highest BCUT2D eigenvalue weighted by Crippen LogP contribution is 2.30. The van der Waals surface area contributed by atoms with Gasteiger partial charge in [-0.15, -0.1) is 0 Å². The predicted octanol–water partition coefficient (Wildman–Crippen LogP) is 5.13. The number of anilines is 3. The standard InChI is InChI=1S/C25H19ClFN3O3/c1-14-6-9-19(12-15(14)2)29-23(31)16-4-3-5-18(13-16)28-22-21(26)24(32)30(25(22)33)20-10-7-17(27)8-11-20/h3-13,28H,1-2H3,(H,29,31). The Morgan fingerprint density at radius 3 is 2.30 bits per heavy atom. The molecule has 0 fully saturated rings. The summed E-state index contributed by atoms with van der Waals surface area (Å²) in [7, 11) is 0. The van der Waals surface area contributed by atoms with Crippen LogP contribution >= 0.6 is 11.6 Å². The van der Waals surface area contributed by atoms with Gasteiger partial charge in [-0.2, -0.15) is 0 Å². The largest absolute Gasteiger partial charge is 0.350 e. The molecule has 2 N–H and O–H groups in total. The minimum Gasteiger partial charge on any atom is -0.350 e. The van der Waals surface area contributed by atoms with E-state index in [1.807, 2.05) is 32.0 Å². The fourth-order valence-corrected chi connectivity index (χ4v) is 3.55. The summed E-state index contributed by atoms with van der Waals surface area (Å²) in [6, 6.07) is 17.0. The molecule has 0 saturated carbocycles. The average Bonchev–Trinajstić information content (AvgIpc) is 3.00. The highest BCUT2D eigenvalue weighted by molar-refractivity contribution is 6.53. The molecule has 0 aromatic heterocycles. The molecule has 3 aromatic rings. The summed E-state index contributed by atoms with van der Waals surface area (Å²) in [5.74, 6) is -2.23. The van der Waals surface area contributed by atoms with Crippen LogP contribution in [0.25, 0.3) is 0 Å². The lowest BCUT2D eigenvalue weighted by molar-refractivity contribution is -0.120. The zero-order valence-electron chi connectivity index (χ0n) is 17.8. The van der Waals surface area contributed by atoms with Crippen molar-refractivity contribution in [1.29, 1.82) is 0 Å². The van der Waals surface area contributed by atoms with Gasteiger partial charge in [-0.3, -0.25) is 14.4 Å². The lowest BCUT2D eigenvalue weighted by atomic mass is 10.1. The molecule has 0 spiro atoms. The Bertz CT molecular complexity index is 1320. The molecule has 1 heterocycles. The quantitative estimate of drug-likeness (QED) is 0.514. The van der Waals surface area contributed by atoms with Crippen molar-refractivity contribution < 1.29 is 18.8 Å². The van der Waals surface area contributed by atoms with Crippen molar-refractivity contribution in [2.45, 2.75) is 13.8 Å². The van der Waals surface area contributed by atoms with Gasteiger partial charge in [0, 0.05) is 16.9 Å². The first-order valence-electron chi connectivity index (χ1n) is 10.0. The van der Waals surface area contributed by atoms with Gasteiger partial charge in [-0.05, 0) is 79.6 Å². The van der Waals surface area contributed by atoms with E-state index in [2.05, 4.69) is 10.6 Å². The van der Waals surface area contributed by atoms with Crippen molar-refractivity contribution in [3.8, 4) is 0 Å². The highest BCUT2D eigenvalue weighted by Gasteiger charge is 2.39. The minimum atomic E-state index is -0.723. The molecule has 0 saturated heterocycles. The first-order valence-corrected chi connectivity index (χ1v) is 10.4. The molecule has 0 aliphatic carbocycles. The Hall–Kier alpha value is -3.97. The molecule has 8 heteroatoms. The summed E-state index contributed by atoms with van der Waals surface area (Å²) in [4.78, 5) is 39.0. The van der Waals surface area contributed by atoms with Crippen LogP contribution in [0.2, 0.25) is 0 Å². The SMILES string of the molecule is Cc1ccc(NC(=O)c2cccc(NC3=C(Cl)C(=O)N(c4ccc(F)cc4)C3=O)c2)cc1C. The Morgan fingerprint density at radius 2 is 1.61 bits per heavy atom. The maximum atomic E-state index is 13.2. The Morgan fingerprint density at radius 1 is 0.879 bits per heavy atom. The molecule has 0 unspecified atom stereocenters. The van der Waals surface area contributed by atoms with Crippen molar-refractivity contribution in [2.24, 2.45) is 0 Å². The van der Waals surface area contributed by atoms with Crippen molar-refractivity contribution in [1.82, 2.24) is 0 Å². The Kier molecular flexibility index (Phi) is 5.98. The van der Waals surface area contributed by atoms with Crippen LogP contribution in [-0.2, 0) is 9.59 Å². The van der Waals surface area contributed by atoms with Crippen LogP contribution in [0.5, 0.6) is 0 Å². The maximum absolute atomic E-state index is 13.2. The zero-order valence-corrected chi connectivity index (χ0v) is 18.5. The second-order valence-corrected chi connectivity index (χ2v) is 7.95. The smallest absolute Gasteiger partial charge is 0.283 e. The van der Waals surface area contributed by atoms with E-state index in [1.54, 1.807) is 24.3 Å². The van der Waals surface area contributed by atoms with E-state index in [1.165, 1.54) is 12.1 Å². The molecule has 0 atom stereocenters. The third-order valence-electron chi connectivity index (χ3n) is 5.27. The van der Waals surface area contributed by atoms with Crippen LogP contribution in [0, 0.1) is 19.7 Å². The number of carbonyl (C=O) groups is 3. The van der Waals surface area contributed by atoms with E-state index in [-0.39, 0.29) is 22.3 Å². The van der Waals surface area contributed by atoms with Gasteiger partial charge in [0.2, 0.25) is 0 Å². The summed E-state index contributed by atoms with van der Waals surface area (Å²) >= 11 is 6.14. The van der Waals surface area contributed by atoms with Crippen LogP contribution < -0.4 is 15.5 Å². The Labute approximate surface area is 194 Å². The first kappa shape index (κ1) is 22.2. The van der Waals surface area contributed by atoms with Gasteiger partial charge in [-0.1, -0.05) is 23.7 Å². The molecule has 0 radical (unpaired) electrons. The fraction of sp³-hybridized carbons (Fsp3) is 0.0800. The molecule has 1 aliphatic heterocycles. The Balaban J connectivity index is 1.53. The van der Waals surface area contributed by atoms with Crippen molar-refractivity contribution in [3.05, 3.63) is 100.0 Å². The number of amides is 3. The van der Waals surface area contributed by atoms with Crippen LogP contribution in [-0.4, -0.2) is 17.7 Å². The number of imide groups is 1. The van der Waals surface area contributed by atoms with E-state index < -0.39 is 17.6 Å². The van der Waals surface area contributed by atoms with Gasteiger partial charge < -0.3 is 10.6 Å². The van der Waals surface area contributed by atoms with Crippen LogP contribution in [0.4, 0.5) is 21.5 Å². The second kappa shape index (κ2) is 8.88. The number of nitrogens with one attached hydrogen (secondary N) is 2. The van der Waals surface area contributed by atoms with Crippen LogP contribution in [0.1, 0.15) is 21.5 Å². The molecular formula is C25H19ClFN3O3. The molecule has 33 heavy (non-hydrogen) atoms. The van der Waals surface area contributed by atoms with Gasteiger partial charge in [0.25, 0.3) is 17.7 Å². The van der Waals surface area contributed by atoms with E-state index in [9.17, 15) is 18.8 Å². The normalized spacial score (nSPS) is 13.5. The molecule has 3 aromatic carbocycles. The van der Waals surface area contributed by atoms with Crippen LogP contribution in [0.3, 0.4) is 0 Å². The highest BCUT2D eigenvalue weighted by atomic mass is 35.5. The molecule has 0 bridgehead atoms. The van der Waals surface area contributed by atoms with Crippen LogP contribution in [0.15, 0.2) is 77.5 Å². The topological polar surface area (TPSA) is 78.5 Å². The second-order valence-electron chi connectivity index (χ2n) is 7.57. The van der Waals surface area contributed by atoms with E-state index in [0.717, 1.165) is 28.2 Å². The van der Waals surface area contributed by atoms with E-state index >= 15 is 0 Å². The molecule has 1 aliphatic rings. The number of rotatable bonds is 5. The van der Waals surface area contributed by atoms with Crippen molar-refractivity contribution >= 4 is 46.4 Å². The third-order valence-corrected chi connectivity index (χ3v) is 5.62. The lowest BCUT2D eigenvalue weighted by Gasteiger charge is -2.15. The number of benzene rings is 3. The maximum Gasteiger partial charge on any atom is 0.283 e. The van der Waals surface area contributed by atoms with Gasteiger partial charge in [-0.25, -0.2) is 9.29 Å². The molecular weight excluding hydrogens is 445 g/mol. The number of aryl methyl sites for hydroxylation is 2. The number of hydrogen-bond donors (Lipinski definition) is 2. The van der Waals surface area contributed by atoms with Gasteiger partial charge >= 0.3 is 0 Å². The summed E-state index contributed by atoms with van der Waals surface area (Å²) in [6.07, 6.45) is 0. The molecule has 6 nitrogen and oxygen atoms in total. The fourth-order valence-electron chi connectivity index (χ4n) is 3.34. The number of halogens is 2. The van der Waals surface area contributed by atoms with E-state index in [0.29, 0.717) is 16.9 Å². The molecule has 3 amide bonds. The van der Waals surface area contributed by atoms with Crippen molar-refractivity contribution in [3.63, 3.8) is 0 Å². The zero-order chi connectivity index (χ0) is 23.7. The van der Waals surface area contributed by atoms with Gasteiger partial charge in [0.1, 0.15) is 16.5 Å². The minimum absolute atomic E-state index is 0.127. The molecule has 4 rings (SSSR count). The van der Waals surface area contributed by atoms with Crippen molar-refractivity contribution in [2.75, 3.05) is 15.5 Å². The number of hydrogen-bond acceptors (Lipinski definition) is 4. The summed E-state index contributed by atoms with van der Waals surface area (Å²) in [5, 5.41) is 5.38. The number of carbonyl (C=O) groups excluding carboxylic acids is 3. The first-order chi connectivity index (χ1) is 15.7. The van der Waals surface area contributed by atoms with E-state index in [4.69, 9.17) is 11.6 Å². The summed E-state index contributed by atoms with van der Waals surface area (Å²) in [5.41, 5.74) is 3.66. The molecule has 166 valence electrons. The average molecular weight is 464 g/mol. The number of nitrogens with zero attached hydrogens (tertiary/aromatic N) is 1. The summed E-state index contributed by atoms with van der Waals surface area (Å²) in [6.45, 7) is 3.95. The lowest BCUT2D eigenvalue weighted by Crippen LogP contribution is -2.32.